The highest BCUT2D eigenvalue weighted by molar-refractivity contribution is 5.93. The molecule has 112 valence electrons. The van der Waals surface area contributed by atoms with Gasteiger partial charge in [0.25, 0.3) is 0 Å². The van der Waals surface area contributed by atoms with Gasteiger partial charge in [0.15, 0.2) is 0 Å². The van der Waals surface area contributed by atoms with Crippen LogP contribution in [0, 0.1) is 23.6 Å². The van der Waals surface area contributed by atoms with Crippen LogP contribution in [0.3, 0.4) is 0 Å². The van der Waals surface area contributed by atoms with Gasteiger partial charge in [-0.1, -0.05) is 6.07 Å². The monoisotopic (exact) mass is 291 g/mol. The van der Waals surface area contributed by atoms with E-state index in [9.17, 15) is 14.0 Å². The third-order valence-corrected chi connectivity index (χ3v) is 4.22. The molecule has 3 rings (SSSR count). The van der Waals surface area contributed by atoms with Gasteiger partial charge in [0, 0.05) is 11.6 Å². The summed E-state index contributed by atoms with van der Waals surface area (Å²) in [6.07, 6.45) is 4.09. The molecular weight excluding hydrogens is 273 g/mol. The SMILES string of the molecule is O=C(O)Cc1ccc(NC(=O)C(C2CC2)C2CC2)cc1F. The minimum atomic E-state index is -1.08. The van der Waals surface area contributed by atoms with E-state index in [4.69, 9.17) is 5.11 Å². The van der Waals surface area contributed by atoms with Crippen LogP contribution in [0.15, 0.2) is 18.2 Å². The summed E-state index contributed by atoms with van der Waals surface area (Å²) in [6, 6.07) is 4.19. The number of carboxylic acid groups (broad SMARTS) is 1. The second-order valence-corrected chi connectivity index (χ2v) is 6.07. The van der Waals surface area contributed by atoms with Gasteiger partial charge in [0.1, 0.15) is 5.82 Å². The fourth-order valence-electron chi connectivity index (χ4n) is 2.88. The Hall–Kier alpha value is -1.91. The summed E-state index contributed by atoms with van der Waals surface area (Å²) in [5.41, 5.74) is 0.527. The van der Waals surface area contributed by atoms with Gasteiger partial charge in [-0.3, -0.25) is 9.59 Å². The van der Waals surface area contributed by atoms with Crippen LogP contribution in [0.5, 0.6) is 0 Å². The summed E-state index contributed by atoms with van der Waals surface area (Å²) >= 11 is 0. The quantitative estimate of drug-likeness (QED) is 0.847. The first-order chi connectivity index (χ1) is 10.0. The van der Waals surface area contributed by atoms with E-state index >= 15 is 0 Å². The lowest BCUT2D eigenvalue weighted by molar-refractivity contribution is -0.136. The number of carbonyl (C=O) groups is 2. The summed E-state index contributed by atoms with van der Waals surface area (Å²) in [5.74, 6) is -0.641. The lowest BCUT2D eigenvalue weighted by atomic mass is 9.97. The minimum absolute atomic E-state index is 0.0228. The molecule has 0 atom stereocenters. The molecule has 0 saturated heterocycles. The van der Waals surface area contributed by atoms with Crippen molar-refractivity contribution in [1.29, 1.82) is 0 Å². The van der Waals surface area contributed by atoms with Crippen LogP contribution in [0.4, 0.5) is 10.1 Å². The maximum Gasteiger partial charge on any atom is 0.307 e. The third kappa shape index (κ3) is 3.40. The smallest absolute Gasteiger partial charge is 0.307 e. The molecule has 21 heavy (non-hydrogen) atoms. The highest BCUT2D eigenvalue weighted by Gasteiger charge is 2.45. The van der Waals surface area contributed by atoms with Crippen LogP contribution in [0.1, 0.15) is 31.2 Å². The Bertz CT molecular complexity index is 567. The van der Waals surface area contributed by atoms with E-state index in [1.165, 1.54) is 12.1 Å². The largest absolute Gasteiger partial charge is 0.481 e. The predicted octanol–water partition coefficient (Wildman–Crippen LogP) is 2.83. The molecule has 2 saturated carbocycles. The van der Waals surface area contributed by atoms with Crippen LogP contribution >= 0.6 is 0 Å². The van der Waals surface area contributed by atoms with Crippen molar-refractivity contribution < 1.29 is 19.1 Å². The Morgan fingerprint density at radius 3 is 2.33 bits per heavy atom. The molecule has 0 radical (unpaired) electrons. The number of carboxylic acids is 1. The maximum atomic E-state index is 13.8. The van der Waals surface area contributed by atoms with Gasteiger partial charge in [-0.2, -0.15) is 0 Å². The molecular formula is C16H18FNO3. The summed E-state index contributed by atoms with van der Waals surface area (Å²) in [5, 5.41) is 11.5. The van der Waals surface area contributed by atoms with Gasteiger partial charge < -0.3 is 10.4 Å². The van der Waals surface area contributed by atoms with E-state index in [1.54, 1.807) is 6.07 Å². The average molecular weight is 291 g/mol. The van der Waals surface area contributed by atoms with Gasteiger partial charge >= 0.3 is 5.97 Å². The molecule has 2 fully saturated rings. The van der Waals surface area contributed by atoms with Crippen molar-refractivity contribution in [2.24, 2.45) is 17.8 Å². The number of nitrogens with one attached hydrogen (secondary N) is 1. The molecule has 0 unspecified atom stereocenters. The van der Waals surface area contributed by atoms with E-state index in [1.807, 2.05) is 0 Å². The summed E-state index contributed by atoms with van der Waals surface area (Å²) in [4.78, 5) is 22.9. The van der Waals surface area contributed by atoms with Crippen molar-refractivity contribution in [2.75, 3.05) is 5.32 Å². The zero-order chi connectivity index (χ0) is 15.0. The number of amides is 1. The Kier molecular flexibility index (Phi) is 3.66. The Balaban J connectivity index is 1.68. The van der Waals surface area contributed by atoms with E-state index in [2.05, 4.69) is 5.32 Å². The predicted molar refractivity (Wildman–Crippen MR) is 75.3 cm³/mol. The molecule has 5 heteroatoms. The van der Waals surface area contributed by atoms with Crippen molar-refractivity contribution in [3.05, 3.63) is 29.6 Å². The van der Waals surface area contributed by atoms with Gasteiger partial charge in [-0.15, -0.1) is 0 Å². The van der Waals surface area contributed by atoms with Gasteiger partial charge in [-0.25, -0.2) is 4.39 Å². The molecule has 1 amide bonds. The van der Waals surface area contributed by atoms with Crippen LogP contribution < -0.4 is 5.32 Å². The van der Waals surface area contributed by atoms with E-state index < -0.39 is 11.8 Å². The molecule has 0 bridgehead atoms. The van der Waals surface area contributed by atoms with Crippen LogP contribution in [0.2, 0.25) is 0 Å². The van der Waals surface area contributed by atoms with Crippen molar-refractivity contribution in [1.82, 2.24) is 0 Å². The number of hydrogen-bond acceptors (Lipinski definition) is 2. The Morgan fingerprint density at radius 2 is 1.86 bits per heavy atom. The van der Waals surface area contributed by atoms with Gasteiger partial charge in [-0.05, 0) is 55.2 Å². The second kappa shape index (κ2) is 5.47. The van der Waals surface area contributed by atoms with Crippen LogP contribution in [-0.2, 0) is 16.0 Å². The number of anilines is 1. The Labute approximate surface area is 122 Å². The lowest BCUT2D eigenvalue weighted by Crippen LogP contribution is -2.26. The second-order valence-electron chi connectivity index (χ2n) is 6.07. The Morgan fingerprint density at radius 1 is 1.24 bits per heavy atom. The molecule has 1 aromatic rings. The van der Waals surface area contributed by atoms with Crippen molar-refractivity contribution in [3.63, 3.8) is 0 Å². The molecule has 0 aromatic heterocycles. The van der Waals surface area contributed by atoms with Crippen molar-refractivity contribution >= 4 is 17.6 Å². The first-order valence-electron chi connectivity index (χ1n) is 7.35. The van der Waals surface area contributed by atoms with Crippen LogP contribution in [-0.4, -0.2) is 17.0 Å². The number of aliphatic carboxylic acids is 1. The number of benzene rings is 1. The first kappa shape index (κ1) is 14.0. The average Bonchev–Trinajstić information content (AvgIpc) is 3.26. The molecule has 2 aliphatic rings. The van der Waals surface area contributed by atoms with Crippen molar-refractivity contribution in [2.45, 2.75) is 32.1 Å². The number of rotatable bonds is 6. The summed E-state index contributed by atoms with van der Waals surface area (Å²) in [6.45, 7) is 0. The van der Waals surface area contributed by atoms with Gasteiger partial charge in [0.05, 0.1) is 6.42 Å². The molecule has 0 heterocycles. The fourth-order valence-corrected chi connectivity index (χ4v) is 2.88. The molecule has 1 aromatic carbocycles. The van der Waals surface area contributed by atoms with E-state index in [-0.39, 0.29) is 23.8 Å². The molecule has 0 aliphatic heterocycles. The normalized spacial score (nSPS) is 17.8. The first-order valence-corrected chi connectivity index (χ1v) is 7.35. The number of hydrogen-bond donors (Lipinski definition) is 2. The molecule has 4 nitrogen and oxygen atoms in total. The maximum absolute atomic E-state index is 13.8. The van der Waals surface area contributed by atoms with E-state index in [0.29, 0.717) is 17.5 Å². The van der Waals surface area contributed by atoms with Crippen LogP contribution in [0.25, 0.3) is 0 Å². The lowest BCUT2D eigenvalue weighted by Gasteiger charge is -2.15. The third-order valence-electron chi connectivity index (χ3n) is 4.22. The van der Waals surface area contributed by atoms with E-state index in [0.717, 1.165) is 25.7 Å². The molecule has 2 N–H and O–H groups in total. The molecule has 0 spiro atoms. The summed E-state index contributed by atoms with van der Waals surface area (Å²) < 4.78 is 13.8. The topological polar surface area (TPSA) is 66.4 Å². The summed E-state index contributed by atoms with van der Waals surface area (Å²) in [7, 11) is 0. The number of carbonyl (C=O) groups excluding carboxylic acids is 1. The van der Waals surface area contributed by atoms with Crippen molar-refractivity contribution in [3.8, 4) is 0 Å². The standard InChI is InChI=1S/C16H18FNO3/c17-13-8-12(6-5-11(13)7-14(19)20)18-16(21)15(9-1-2-9)10-3-4-10/h5-6,8-10,15H,1-4,7H2,(H,18,21)(H,19,20). The van der Waals surface area contributed by atoms with Gasteiger partial charge in [0.2, 0.25) is 5.91 Å². The molecule has 2 aliphatic carbocycles. The zero-order valence-electron chi connectivity index (χ0n) is 11.6. The number of halogens is 1. The zero-order valence-corrected chi connectivity index (χ0v) is 11.6. The minimum Gasteiger partial charge on any atom is -0.481 e. The highest BCUT2D eigenvalue weighted by Crippen LogP contribution is 2.49. The fraction of sp³-hybridized carbons (Fsp3) is 0.500. The highest BCUT2D eigenvalue weighted by atomic mass is 19.1.